The SMILES string of the molecule is COc1ccc([Se]C2=C3N=C(Cc4ccc(O)cc4)C(=O)N3CN(c3ccccc3)C2)cc1. The Hall–Kier alpha value is -3.54. The molecule has 3 aromatic rings. The monoisotopic (exact) mass is 505 g/mol. The Morgan fingerprint density at radius 2 is 1.73 bits per heavy atom. The van der Waals surface area contributed by atoms with Gasteiger partial charge in [0.25, 0.3) is 0 Å². The number of benzene rings is 3. The van der Waals surface area contributed by atoms with Crippen molar-refractivity contribution in [3.05, 3.63) is 94.7 Å². The standard InChI is InChI=1S/C26H23N3O3Se/c1-32-21-11-13-22(14-12-21)33-24-16-28(19-5-3-2-4-6-19)17-29-25(24)27-23(26(29)31)15-18-7-9-20(30)10-8-18/h2-14,30H,15-17H2,1H3. The van der Waals surface area contributed by atoms with Crippen LogP contribution < -0.4 is 14.1 Å². The fourth-order valence-electron chi connectivity index (χ4n) is 3.89. The average molecular weight is 504 g/mol. The minimum atomic E-state index is -0.0539. The fraction of sp³-hybridized carbons (Fsp3) is 0.154. The van der Waals surface area contributed by atoms with Crippen LogP contribution in [0.1, 0.15) is 5.56 Å². The Kier molecular flexibility index (Phi) is 5.90. The zero-order valence-corrected chi connectivity index (χ0v) is 19.9. The van der Waals surface area contributed by atoms with Gasteiger partial charge in [-0.1, -0.05) is 0 Å². The maximum atomic E-state index is 13.3. The molecule has 0 saturated carbocycles. The molecule has 166 valence electrons. The van der Waals surface area contributed by atoms with E-state index in [4.69, 9.17) is 9.73 Å². The molecule has 6 nitrogen and oxygen atoms in total. The van der Waals surface area contributed by atoms with E-state index in [2.05, 4.69) is 29.2 Å². The molecule has 1 N–H and O–H groups in total. The van der Waals surface area contributed by atoms with Gasteiger partial charge in [0.1, 0.15) is 0 Å². The van der Waals surface area contributed by atoms with Gasteiger partial charge in [0.15, 0.2) is 0 Å². The summed E-state index contributed by atoms with van der Waals surface area (Å²) < 4.78 is 7.66. The van der Waals surface area contributed by atoms with Gasteiger partial charge >= 0.3 is 199 Å². The van der Waals surface area contributed by atoms with E-state index < -0.39 is 0 Å². The van der Waals surface area contributed by atoms with Crippen LogP contribution in [0.2, 0.25) is 0 Å². The number of carbonyl (C=O) groups is 1. The third-order valence-electron chi connectivity index (χ3n) is 5.61. The van der Waals surface area contributed by atoms with Crippen molar-refractivity contribution in [1.82, 2.24) is 4.90 Å². The molecule has 33 heavy (non-hydrogen) atoms. The molecule has 2 aliphatic rings. The number of rotatable bonds is 6. The zero-order chi connectivity index (χ0) is 22.8. The number of hydrogen-bond donors (Lipinski definition) is 1. The van der Waals surface area contributed by atoms with Crippen molar-refractivity contribution in [3.8, 4) is 11.5 Å². The van der Waals surface area contributed by atoms with E-state index in [-0.39, 0.29) is 26.6 Å². The van der Waals surface area contributed by atoms with Crippen LogP contribution in [0.25, 0.3) is 0 Å². The summed E-state index contributed by atoms with van der Waals surface area (Å²) >= 11 is 0.00503. The van der Waals surface area contributed by atoms with Gasteiger partial charge in [0, 0.05) is 0 Å². The summed E-state index contributed by atoms with van der Waals surface area (Å²) in [5.74, 6) is 1.77. The van der Waals surface area contributed by atoms with Crippen molar-refractivity contribution in [2.45, 2.75) is 6.42 Å². The molecule has 0 aliphatic carbocycles. The number of phenols is 1. The number of phenolic OH excluding ortho intramolecular Hbond substituents is 1. The fourth-order valence-corrected chi connectivity index (χ4v) is 6.04. The van der Waals surface area contributed by atoms with Crippen LogP contribution in [-0.4, -0.2) is 56.9 Å². The number of ether oxygens (including phenoxy) is 1. The molecule has 0 fully saturated rings. The molecule has 2 aliphatic heterocycles. The minimum absolute atomic E-state index is 0.00503. The summed E-state index contributed by atoms with van der Waals surface area (Å²) in [7, 11) is 1.66. The molecular weight excluding hydrogens is 481 g/mol. The Morgan fingerprint density at radius 1 is 1.00 bits per heavy atom. The van der Waals surface area contributed by atoms with Crippen molar-refractivity contribution in [2.75, 3.05) is 25.2 Å². The number of aromatic hydroxyl groups is 1. The molecule has 0 spiro atoms. The molecule has 0 unspecified atom stereocenters. The molecule has 2 heterocycles. The first kappa shape index (κ1) is 21.3. The maximum absolute atomic E-state index is 13.3. The van der Waals surface area contributed by atoms with Gasteiger partial charge in [0.2, 0.25) is 0 Å². The molecular formula is C26H23N3O3Se. The molecule has 5 rings (SSSR count). The second-order valence-corrected chi connectivity index (χ2v) is 10.3. The number of hydrogen-bond acceptors (Lipinski definition) is 5. The van der Waals surface area contributed by atoms with Crippen molar-refractivity contribution < 1.29 is 14.6 Å². The first-order valence-electron chi connectivity index (χ1n) is 10.6. The molecule has 0 atom stereocenters. The number of carbonyl (C=O) groups excluding carboxylic acids is 1. The second-order valence-electron chi connectivity index (χ2n) is 7.83. The predicted molar refractivity (Wildman–Crippen MR) is 130 cm³/mol. The van der Waals surface area contributed by atoms with Gasteiger partial charge in [-0.05, 0) is 0 Å². The first-order chi connectivity index (χ1) is 16.1. The van der Waals surface area contributed by atoms with Crippen molar-refractivity contribution in [2.24, 2.45) is 4.99 Å². The van der Waals surface area contributed by atoms with E-state index in [0.29, 0.717) is 18.8 Å². The number of para-hydroxylation sites is 1. The molecule has 7 heteroatoms. The van der Waals surface area contributed by atoms with Crippen molar-refractivity contribution >= 4 is 36.7 Å². The van der Waals surface area contributed by atoms with Gasteiger partial charge in [-0.15, -0.1) is 0 Å². The number of nitrogens with zero attached hydrogens (tertiary/aromatic N) is 3. The molecule has 0 saturated heterocycles. The van der Waals surface area contributed by atoms with E-state index in [1.54, 1.807) is 24.1 Å². The van der Waals surface area contributed by atoms with E-state index in [9.17, 15) is 9.90 Å². The predicted octanol–water partition coefficient (Wildman–Crippen LogP) is 2.90. The third-order valence-corrected chi connectivity index (χ3v) is 7.85. The van der Waals surface area contributed by atoms with Gasteiger partial charge in [-0.25, -0.2) is 0 Å². The van der Waals surface area contributed by atoms with Crippen LogP contribution in [0.5, 0.6) is 11.5 Å². The Morgan fingerprint density at radius 3 is 2.42 bits per heavy atom. The Bertz CT molecular complexity index is 1220. The van der Waals surface area contributed by atoms with E-state index in [0.717, 1.165) is 33.8 Å². The van der Waals surface area contributed by atoms with E-state index in [1.807, 2.05) is 42.5 Å². The van der Waals surface area contributed by atoms with Crippen molar-refractivity contribution in [3.63, 3.8) is 0 Å². The van der Waals surface area contributed by atoms with Crippen LogP contribution in [0.15, 0.2) is 94.1 Å². The number of methoxy groups -OCH3 is 1. The molecule has 1 amide bonds. The van der Waals surface area contributed by atoms with Gasteiger partial charge in [-0.2, -0.15) is 0 Å². The van der Waals surface area contributed by atoms with E-state index >= 15 is 0 Å². The van der Waals surface area contributed by atoms with Crippen LogP contribution in [0.3, 0.4) is 0 Å². The quantitative estimate of drug-likeness (QED) is 0.525. The summed E-state index contributed by atoms with van der Waals surface area (Å²) in [5, 5.41) is 9.56. The molecule has 0 bridgehead atoms. The summed E-state index contributed by atoms with van der Waals surface area (Å²) in [5.41, 5.74) is 2.57. The summed E-state index contributed by atoms with van der Waals surface area (Å²) in [6.07, 6.45) is 0.438. The van der Waals surface area contributed by atoms with Gasteiger partial charge in [0.05, 0.1) is 0 Å². The third kappa shape index (κ3) is 4.51. The van der Waals surface area contributed by atoms with Gasteiger partial charge < -0.3 is 0 Å². The number of fused-ring (bicyclic) bond motifs is 1. The first-order valence-corrected chi connectivity index (χ1v) is 12.3. The number of anilines is 1. The topological polar surface area (TPSA) is 65.4 Å². The second kappa shape index (κ2) is 9.14. The summed E-state index contributed by atoms with van der Waals surface area (Å²) in [6, 6.07) is 25.2. The molecule has 0 aromatic heterocycles. The Labute approximate surface area is 199 Å². The van der Waals surface area contributed by atoms with Crippen LogP contribution in [0, 0.1) is 0 Å². The van der Waals surface area contributed by atoms with Crippen LogP contribution in [-0.2, 0) is 11.2 Å². The van der Waals surface area contributed by atoms with E-state index in [1.165, 1.54) is 4.46 Å². The summed E-state index contributed by atoms with van der Waals surface area (Å²) in [4.78, 5) is 22.2. The van der Waals surface area contributed by atoms with Crippen molar-refractivity contribution in [1.29, 1.82) is 0 Å². The molecule has 0 radical (unpaired) electrons. The van der Waals surface area contributed by atoms with Gasteiger partial charge in [-0.3, -0.25) is 0 Å². The zero-order valence-electron chi connectivity index (χ0n) is 18.1. The number of aliphatic imine (C=N–C) groups is 1. The summed E-state index contributed by atoms with van der Waals surface area (Å²) in [6.45, 7) is 1.20. The average Bonchev–Trinajstić information content (AvgIpc) is 3.17. The Balaban J connectivity index is 1.48. The number of amides is 1. The molecule has 3 aromatic carbocycles. The van der Waals surface area contributed by atoms with Crippen LogP contribution in [0.4, 0.5) is 5.69 Å². The van der Waals surface area contributed by atoms with Crippen LogP contribution >= 0.6 is 0 Å². The normalized spacial score (nSPS) is 15.5.